The number of carbonyl (C=O) groups is 1. The van der Waals surface area contributed by atoms with Crippen LogP contribution < -0.4 is 0 Å². The number of aryl methyl sites for hydroxylation is 2. The molecule has 2 aliphatic rings. The van der Waals surface area contributed by atoms with Crippen molar-refractivity contribution in [3.8, 4) is 0 Å². The second-order valence-electron chi connectivity index (χ2n) is 9.18. The molecule has 2 aliphatic heterocycles. The zero-order chi connectivity index (χ0) is 23.8. The summed E-state index contributed by atoms with van der Waals surface area (Å²) in [6, 6.07) is 5.44. The van der Waals surface area contributed by atoms with Crippen LogP contribution >= 0.6 is 0 Å². The summed E-state index contributed by atoms with van der Waals surface area (Å²) in [5.74, 6) is 0.483. The van der Waals surface area contributed by atoms with E-state index in [0.717, 1.165) is 61.4 Å². The minimum Gasteiger partial charge on any atom is -0.439 e. The van der Waals surface area contributed by atoms with Crippen LogP contribution in [-0.4, -0.2) is 35.2 Å². The first-order valence-electron chi connectivity index (χ1n) is 11.3. The largest absolute Gasteiger partial charge is 0.439 e. The van der Waals surface area contributed by atoms with Crippen LogP contribution in [0.5, 0.6) is 0 Å². The number of amides is 1. The van der Waals surface area contributed by atoms with Crippen LogP contribution in [0.15, 0.2) is 30.5 Å². The number of alkyl halides is 3. The average Bonchev–Trinajstić information content (AvgIpc) is 3.03. The van der Waals surface area contributed by atoms with Crippen molar-refractivity contribution < 1.29 is 27.4 Å². The lowest BCUT2D eigenvalue weighted by Gasteiger charge is -2.25. The average molecular weight is 463 g/mol. The van der Waals surface area contributed by atoms with Crippen molar-refractivity contribution in [1.82, 2.24) is 9.88 Å². The number of ether oxygens (including phenoxy) is 2. The van der Waals surface area contributed by atoms with Gasteiger partial charge in [0.15, 0.2) is 0 Å². The third-order valence-corrected chi connectivity index (χ3v) is 6.51. The summed E-state index contributed by atoms with van der Waals surface area (Å²) < 4.78 is 51.0. The van der Waals surface area contributed by atoms with Gasteiger partial charge in [0.25, 0.3) is 0 Å². The maximum Gasteiger partial charge on any atom is 0.416 e. The first-order chi connectivity index (χ1) is 15.6. The Kier molecular flexibility index (Phi) is 6.66. The van der Waals surface area contributed by atoms with Gasteiger partial charge in [-0.05, 0) is 74.8 Å². The van der Waals surface area contributed by atoms with Gasteiger partial charge in [-0.25, -0.2) is 4.79 Å². The van der Waals surface area contributed by atoms with Gasteiger partial charge in [-0.3, -0.25) is 9.88 Å². The fourth-order valence-corrected chi connectivity index (χ4v) is 4.69. The highest BCUT2D eigenvalue weighted by molar-refractivity contribution is 5.71. The number of hydrogen-bond donors (Lipinski definition) is 0. The molecule has 0 saturated carbocycles. The Morgan fingerprint density at radius 1 is 1.09 bits per heavy atom. The third-order valence-electron chi connectivity index (χ3n) is 6.51. The molecule has 3 heterocycles. The van der Waals surface area contributed by atoms with Gasteiger partial charge < -0.3 is 9.47 Å². The topological polar surface area (TPSA) is 51.7 Å². The molecule has 178 valence electrons. The summed E-state index contributed by atoms with van der Waals surface area (Å²) in [6.07, 6.45) is -1.15. The summed E-state index contributed by atoms with van der Waals surface area (Å²) in [4.78, 5) is 19.0. The van der Waals surface area contributed by atoms with Gasteiger partial charge in [0.1, 0.15) is 6.10 Å². The van der Waals surface area contributed by atoms with Gasteiger partial charge in [-0.2, -0.15) is 13.2 Å². The van der Waals surface area contributed by atoms with Gasteiger partial charge >= 0.3 is 12.3 Å². The number of rotatable bonds is 5. The van der Waals surface area contributed by atoms with Crippen molar-refractivity contribution >= 4 is 6.09 Å². The lowest BCUT2D eigenvalue weighted by molar-refractivity contribution is -0.137. The number of benzene rings is 1. The minimum atomic E-state index is -4.46. The first kappa shape index (κ1) is 23.5. The number of hydrogen-bond acceptors (Lipinski definition) is 4. The Morgan fingerprint density at radius 2 is 1.82 bits per heavy atom. The number of cyclic esters (lactones) is 1. The Labute approximate surface area is 191 Å². The van der Waals surface area contributed by atoms with E-state index in [2.05, 4.69) is 4.98 Å². The van der Waals surface area contributed by atoms with E-state index in [-0.39, 0.29) is 0 Å². The zero-order valence-electron chi connectivity index (χ0n) is 19.1. The Hall–Kier alpha value is -2.61. The van der Waals surface area contributed by atoms with Crippen molar-refractivity contribution in [2.45, 2.75) is 64.9 Å². The predicted molar refractivity (Wildman–Crippen MR) is 117 cm³/mol. The van der Waals surface area contributed by atoms with E-state index in [4.69, 9.17) is 9.47 Å². The highest BCUT2D eigenvalue weighted by Gasteiger charge is 2.41. The van der Waals surface area contributed by atoms with Gasteiger partial charge in [0, 0.05) is 25.1 Å². The molecule has 8 heteroatoms. The van der Waals surface area contributed by atoms with Crippen molar-refractivity contribution in [1.29, 1.82) is 0 Å². The summed E-state index contributed by atoms with van der Waals surface area (Å²) in [5.41, 5.74) is 2.99. The molecule has 4 rings (SSSR count). The molecule has 2 atom stereocenters. The molecule has 33 heavy (non-hydrogen) atoms. The molecule has 0 radical (unpaired) electrons. The number of pyridine rings is 1. The van der Waals surface area contributed by atoms with E-state index < -0.39 is 30.0 Å². The van der Waals surface area contributed by atoms with E-state index >= 15 is 0 Å². The normalized spacial score (nSPS) is 22.0. The smallest absolute Gasteiger partial charge is 0.416 e. The number of halogens is 3. The van der Waals surface area contributed by atoms with Crippen LogP contribution in [0.2, 0.25) is 0 Å². The Morgan fingerprint density at radius 3 is 2.52 bits per heavy atom. The number of nitrogens with zero attached hydrogens (tertiary/aromatic N) is 2. The van der Waals surface area contributed by atoms with E-state index in [1.54, 1.807) is 17.9 Å². The molecule has 0 bridgehead atoms. The standard InChI is InChI=1S/C25H29F3N2O3/c1-15-8-19(12-21(10-15)25(26,27)28)23-17(3)30(24(31)33-23)14-20-9-16(2)13-29-22(20)11-18-4-6-32-7-5-18/h8-10,12-13,17-18,23H,4-7,11,14H2,1-3H3/t17-,23-/m0/s1. The molecule has 2 aromatic rings. The molecular weight excluding hydrogens is 433 g/mol. The fraction of sp³-hybridized carbons (Fsp3) is 0.520. The molecule has 0 spiro atoms. The highest BCUT2D eigenvalue weighted by Crippen LogP contribution is 2.38. The quantitative estimate of drug-likeness (QED) is 0.566. The Balaban J connectivity index is 1.56. The first-order valence-corrected chi connectivity index (χ1v) is 11.3. The molecule has 2 saturated heterocycles. The number of carbonyl (C=O) groups excluding carboxylic acids is 1. The van der Waals surface area contributed by atoms with Gasteiger partial charge in [-0.15, -0.1) is 0 Å². The van der Waals surface area contributed by atoms with Crippen LogP contribution in [0.4, 0.5) is 18.0 Å². The van der Waals surface area contributed by atoms with E-state index in [1.807, 2.05) is 26.1 Å². The van der Waals surface area contributed by atoms with E-state index in [0.29, 0.717) is 23.6 Å². The molecule has 5 nitrogen and oxygen atoms in total. The van der Waals surface area contributed by atoms with Crippen LogP contribution in [-0.2, 0) is 28.6 Å². The predicted octanol–water partition coefficient (Wildman–Crippen LogP) is 5.77. The van der Waals surface area contributed by atoms with E-state index in [9.17, 15) is 18.0 Å². The van der Waals surface area contributed by atoms with Gasteiger partial charge in [0.2, 0.25) is 0 Å². The maximum absolute atomic E-state index is 13.3. The maximum atomic E-state index is 13.3. The third kappa shape index (κ3) is 5.32. The highest BCUT2D eigenvalue weighted by atomic mass is 19.4. The molecule has 0 aliphatic carbocycles. The van der Waals surface area contributed by atoms with Crippen molar-refractivity contribution in [3.05, 3.63) is 64.0 Å². The van der Waals surface area contributed by atoms with Crippen molar-refractivity contribution in [2.75, 3.05) is 13.2 Å². The lowest BCUT2D eigenvalue weighted by Crippen LogP contribution is -2.32. The van der Waals surface area contributed by atoms with E-state index in [1.165, 1.54) is 0 Å². The molecular formula is C25H29F3N2O3. The molecule has 1 aromatic carbocycles. The minimum absolute atomic E-state index is 0.307. The lowest BCUT2D eigenvalue weighted by atomic mass is 9.92. The molecule has 1 amide bonds. The van der Waals surface area contributed by atoms with Crippen LogP contribution in [0.1, 0.15) is 59.4 Å². The van der Waals surface area contributed by atoms with Crippen LogP contribution in [0.25, 0.3) is 0 Å². The Bertz CT molecular complexity index is 1020. The number of aromatic nitrogens is 1. The molecule has 1 aromatic heterocycles. The fourth-order valence-electron chi connectivity index (χ4n) is 4.69. The van der Waals surface area contributed by atoms with Crippen LogP contribution in [0.3, 0.4) is 0 Å². The van der Waals surface area contributed by atoms with Crippen molar-refractivity contribution in [2.24, 2.45) is 5.92 Å². The van der Waals surface area contributed by atoms with Gasteiger partial charge in [0.05, 0.1) is 18.2 Å². The summed E-state index contributed by atoms with van der Waals surface area (Å²) in [7, 11) is 0. The second-order valence-corrected chi connectivity index (χ2v) is 9.18. The second kappa shape index (κ2) is 9.33. The zero-order valence-corrected chi connectivity index (χ0v) is 19.1. The molecule has 2 fully saturated rings. The molecule has 0 N–H and O–H groups in total. The summed E-state index contributed by atoms with van der Waals surface area (Å²) >= 11 is 0. The van der Waals surface area contributed by atoms with Crippen LogP contribution in [0, 0.1) is 19.8 Å². The monoisotopic (exact) mass is 462 g/mol. The molecule has 0 unspecified atom stereocenters. The summed E-state index contributed by atoms with van der Waals surface area (Å²) in [5, 5.41) is 0. The van der Waals surface area contributed by atoms with Crippen molar-refractivity contribution in [3.63, 3.8) is 0 Å². The summed E-state index contributed by atoms with van der Waals surface area (Å²) in [6.45, 7) is 7.18. The SMILES string of the molecule is Cc1cc([C@H]2OC(=O)N(Cc3cc(C)cnc3CC3CCOCC3)[C@H]2C)cc(C(F)(F)F)c1. The van der Waals surface area contributed by atoms with Gasteiger partial charge in [-0.1, -0.05) is 17.7 Å².